The van der Waals surface area contributed by atoms with Gasteiger partial charge in [-0.2, -0.15) is 0 Å². The first-order valence-corrected chi connectivity index (χ1v) is 9.67. The van der Waals surface area contributed by atoms with Gasteiger partial charge in [-0.05, 0) is 40.6 Å². The van der Waals surface area contributed by atoms with E-state index in [1.807, 2.05) is 48.5 Å². The summed E-state index contributed by atoms with van der Waals surface area (Å²) >= 11 is 0. The first-order chi connectivity index (χ1) is 15.1. The zero-order valence-electron chi connectivity index (χ0n) is 16.5. The standard InChI is InChI=1S/C24H19N3O4/c28-24(17-31-21-13-11-20(12-14-21)27(29)30)26(23-10-3-4-15-25-23)16-19-8-5-7-18-6-1-2-9-22(18)19/h1-15H,16-17H2. The fourth-order valence-electron chi connectivity index (χ4n) is 3.30. The molecule has 0 atom stereocenters. The van der Waals surface area contributed by atoms with Gasteiger partial charge in [-0.25, -0.2) is 4.98 Å². The lowest BCUT2D eigenvalue weighted by atomic mass is 10.0. The monoisotopic (exact) mass is 413 g/mol. The molecule has 0 fully saturated rings. The number of carbonyl (C=O) groups is 1. The summed E-state index contributed by atoms with van der Waals surface area (Å²) in [6.45, 7) is 0.111. The van der Waals surface area contributed by atoms with Gasteiger partial charge in [0.2, 0.25) is 0 Å². The van der Waals surface area contributed by atoms with Crippen molar-refractivity contribution >= 4 is 28.2 Å². The molecule has 0 bridgehead atoms. The maximum Gasteiger partial charge on any atom is 0.269 e. The molecule has 4 aromatic rings. The number of hydrogen-bond donors (Lipinski definition) is 0. The van der Waals surface area contributed by atoms with E-state index in [2.05, 4.69) is 4.98 Å². The molecule has 31 heavy (non-hydrogen) atoms. The fraction of sp³-hybridized carbons (Fsp3) is 0.0833. The van der Waals surface area contributed by atoms with E-state index in [4.69, 9.17) is 4.74 Å². The summed E-state index contributed by atoms with van der Waals surface area (Å²) in [5.41, 5.74) is 0.956. The highest BCUT2D eigenvalue weighted by molar-refractivity contribution is 5.94. The second kappa shape index (κ2) is 9.04. The Hall–Kier alpha value is -4.26. The van der Waals surface area contributed by atoms with E-state index in [1.165, 1.54) is 24.3 Å². The van der Waals surface area contributed by atoms with Gasteiger partial charge in [0.05, 0.1) is 11.5 Å². The number of amides is 1. The summed E-state index contributed by atoms with van der Waals surface area (Å²) in [5, 5.41) is 12.9. The molecule has 3 aromatic carbocycles. The van der Waals surface area contributed by atoms with Gasteiger partial charge in [0.25, 0.3) is 11.6 Å². The minimum atomic E-state index is -0.484. The molecular weight excluding hydrogens is 394 g/mol. The average Bonchev–Trinajstić information content (AvgIpc) is 2.82. The van der Waals surface area contributed by atoms with E-state index in [0.717, 1.165) is 16.3 Å². The predicted octanol–water partition coefficient (Wildman–Crippen LogP) is 4.76. The third kappa shape index (κ3) is 4.67. The molecule has 0 unspecified atom stereocenters. The van der Waals surface area contributed by atoms with Crippen molar-refractivity contribution in [1.82, 2.24) is 4.98 Å². The summed E-state index contributed by atoms with van der Waals surface area (Å²) < 4.78 is 5.59. The van der Waals surface area contributed by atoms with Crippen molar-refractivity contribution in [2.45, 2.75) is 6.54 Å². The lowest BCUT2D eigenvalue weighted by Crippen LogP contribution is -2.35. The van der Waals surface area contributed by atoms with E-state index in [0.29, 0.717) is 18.1 Å². The van der Waals surface area contributed by atoms with Gasteiger partial charge in [-0.15, -0.1) is 0 Å². The molecule has 1 amide bonds. The van der Waals surface area contributed by atoms with Crippen LogP contribution in [-0.2, 0) is 11.3 Å². The predicted molar refractivity (Wildman–Crippen MR) is 118 cm³/mol. The highest BCUT2D eigenvalue weighted by Gasteiger charge is 2.19. The molecule has 1 aromatic heterocycles. The molecule has 4 rings (SSSR count). The lowest BCUT2D eigenvalue weighted by molar-refractivity contribution is -0.384. The van der Waals surface area contributed by atoms with Crippen molar-refractivity contribution in [2.24, 2.45) is 0 Å². The van der Waals surface area contributed by atoms with Crippen LogP contribution in [0.5, 0.6) is 5.75 Å². The van der Waals surface area contributed by atoms with Crippen molar-refractivity contribution in [3.8, 4) is 5.75 Å². The number of nitro groups is 1. The number of anilines is 1. The fourth-order valence-corrected chi connectivity index (χ4v) is 3.30. The van der Waals surface area contributed by atoms with Gasteiger partial charge in [-0.1, -0.05) is 48.5 Å². The Kier molecular flexibility index (Phi) is 5.84. The molecule has 0 aliphatic heterocycles. The van der Waals surface area contributed by atoms with E-state index < -0.39 is 4.92 Å². The molecule has 0 N–H and O–H groups in total. The Morgan fingerprint density at radius 3 is 2.42 bits per heavy atom. The largest absolute Gasteiger partial charge is 0.484 e. The number of pyridine rings is 1. The van der Waals surface area contributed by atoms with Crippen LogP contribution in [0, 0.1) is 10.1 Å². The number of ether oxygens (including phenoxy) is 1. The van der Waals surface area contributed by atoms with Crippen LogP contribution in [0.1, 0.15) is 5.56 Å². The van der Waals surface area contributed by atoms with Crippen molar-refractivity contribution in [3.63, 3.8) is 0 Å². The van der Waals surface area contributed by atoms with E-state index in [9.17, 15) is 14.9 Å². The molecule has 0 saturated carbocycles. The van der Waals surface area contributed by atoms with Gasteiger partial charge in [0.1, 0.15) is 11.6 Å². The molecule has 0 aliphatic carbocycles. The number of benzene rings is 3. The minimum Gasteiger partial charge on any atom is -0.484 e. The molecule has 7 nitrogen and oxygen atoms in total. The number of nitrogens with zero attached hydrogens (tertiary/aromatic N) is 3. The van der Waals surface area contributed by atoms with Crippen LogP contribution in [-0.4, -0.2) is 22.4 Å². The van der Waals surface area contributed by atoms with E-state index >= 15 is 0 Å². The molecule has 0 aliphatic rings. The van der Waals surface area contributed by atoms with E-state index in [-0.39, 0.29) is 18.2 Å². The summed E-state index contributed by atoms with van der Waals surface area (Å²) in [6.07, 6.45) is 1.63. The van der Waals surface area contributed by atoms with Gasteiger partial charge in [-0.3, -0.25) is 19.8 Å². The van der Waals surface area contributed by atoms with Crippen LogP contribution in [0.25, 0.3) is 10.8 Å². The molecule has 154 valence electrons. The summed E-state index contributed by atoms with van der Waals surface area (Å²) in [7, 11) is 0. The van der Waals surface area contributed by atoms with Crippen LogP contribution in [0.3, 0.4) is 0 Å². The van der Waals surface area contributed by atoms with Crippen molar-refractivity contribution in [2.75, 3.05) is 11.5 Å². The topological polar surface area (TPSA) is 85.6 Å². The summed E-state index contributed by atoms with van der Waals surface area (Å²) in [5.74, 6) is 0.628. The highest BCUT2D eigenvalue weighted by atomic mass is 16.6. The normalized spacial score (nSPS) is 10.6. The molecule has 0 radical (unpaired) electrons. The first kappa shape index (κ1) is 20.0. The number of fused-ring (bicyclic) bond motifs is 1. The SMILES string of the molecule is O=C(COc1ccc([N+](=O)[O-])cc1)N(Cc1cccc2ccccc12)c1ccccn1. The lowest BCUT2D eigenvalue weighted by Gasteiger charge is -2.23. The van der Waals surface area contributed by atoms with Gasteiger partial charge in [0, 0.05) is 18.3 Å². The van der Waals surface area contributed by atoms with Gasteiger partial charge < -0.3 is 4.74 Å². The quantitative estimate of drug-likeness (QED) is 0.322. The Labute approximate surface area is 178 Å². The third-order valence-electron chi connectivity index (χ3n) is 4.85. The van der Waals surface area contributed by atoms with Crippen molar-refractivity contribution in [1.29, 1.82) is 0 Å². The Morgan fingerprint density at radius 2 is 1.68 bits per heavy atom. The summed E-state index contributed by atoms with van der Waals surface area (Å²) in [4.78, 5) is 29.3. The smallest absolute Gasteiger partial charge is 0.269 e. The molecule has 7 heteroatoms. The van der Waals surface area contributed by atoms with Crippen LogP contribution in [0.2, 0.25) is 0 Å². The van der Waals surface area contributed by atoms with Crippen LogP contribution in [0.4, 0.5) is 11.5 Å². The zero-order chi connectivity index (χ0) is 21.6. The van der Waals surface area contributed by atoms with Crippen LogP contribution >= 0.6 is 0 Å². The van der Waals surface area contributed by atoms with Crippen molar-refractivity contribution in [3.05, 3.63) is 107 Å². The number of rotatable bonds is 7. The maximum absolute atomic E-state index is 13.1. The second-order valence-corrected chi connectivity index (χ2v) is 6.85. The minimum absolute atomic E-state index is 0.0373. The first-order valence-electron chi connectivity index (χ1n) is 9.67. The maximum atomic E-state index is 13.1. The highest BCUT2D eigenvalue weighted by Crippen LogP contribution is 2.23. The van der Waals surface area contributed by atoms with E-state index in [1.54, 1.807) is 23.2 Å². The number of aromatic nitrogens is 1. The number of non-ortho nitro benzene ring substituents is 1. The Balaban J connectivity index is 1.56. The third-order valence-corrected chi connectivity index (χ3v) is 4.85. The molecular formula is C24H19N3O4. The Morgan fingerprint density at radius 1 is 0.935 bits per heavy atom. The zero-order valence-corrected chi connectivity index (χ0v) is 16.5. The molecule has 0 saturated heterocycles. The average molecular weight is 413 g/mol. The Bertz CT molecular complexity index is 1210. The number of carbonyl (C=O) groups excluding carboxylic acids is 1. The molecule has 1 heterocycles. The summed E-state index contributed by atoms with van der Waals surface area (Å²) in [6, 6.07) is 25.0. The van der Waals surface area contributed by atoms with Gasteiger partial charge in [0.15, 0.2) is 6.61 Å². The number of hydrogen-bond acceptors (Lipinski definition) is 5. The van der Waals surface area contributed by atoms with Crippen LogP contribution < -0.4 is 9.64 Å². The van der Waals surface area contributed by atoms with Crippen molar-refractivity contribution < 1.29 is 14.5 Å². The molecule has 0 spiro atoms. The van der Waals surface area contributed by atoms with Crippen LogP contribution in [0.15, 0.2) is 91.1 Å². The second-order valence-electron chi connectivity index (χ2n) is 6.85. The number of nitro benzene ring substituents is 1. The van der Waals surface area contributed by atoms with Gasteiger partial charge >= 0.3 is 0 Å².